The molecule has 1 aromatic rings. The fraction of sp³-hybridized carbons (Fsp3) is 0.429. The van der Waals surface area contributed by atoms with E-state index in [9.17, 15) is 9.59 Å². The Bertz CT molecular complexity index is 504. The lowest BCUT2D eigenvalue weighted by atomic mass is 10.2. The van der Waals surface area contributed by atoms with Gasteiger partial charge >= 0.3 is 12.0 Å². The van der Waals surface area contributed by atoms with Crippen LogP contribution in [0.1, 0.15) is 19.8 Å². The molecule has 0 spiro atoms. The maximum absolute atomic E-state index is 12.1. The van der Waals surface area contributed by atoms with E-state index in [1.165, 1.54) is 4.90 Å². The molecule has 108 valence electrons. The fourth-order valence-corrected chi connectivity index (χ4v) is 2.29. The van der Waals surface area contributed by atoms with Crippen LogP contribution >= 0.6 is 0 Å². The Hall–Kier alpha value is -2.24. The van der Waals surface area contributed by atoms with Gasteiger partial charge in [-0.15, -0.1) is 0 Å². The van der Waals surface area contributed by atoms with E-state index in [4.69, 9.17) is 9.84 Å². The second-order valence-electron chi connectivity index (χ2n) is 4.58. The van der Waals surface area contributed by atoms with Crippen molar-refractivity contribution in [3.05, 3.63) is 24.3 Å². The second kappa shape index (κ2) is 6.27. The van der Waals surface area contributed by atoms with E-state index in [1.54, 1.807) is 24.3 Å². The molecule has 0 aliphatic carbocycles. The molecular formula is C14H18N2O4. The molecule has 1 heterocycles. The second-order valence-corrected chi connectivity index (χ2v) is 4.58. The molecule has 1 aliphatic rings. The number of hydrogen-bond acceptors (Lipinski definition) is 3. The fourth-order valence-electron chi connectivity index (χ4n) is 2.29. The summed E-state index contributed by atoms with van der Waals surface area (Å²) in [6.07, 6.45) is 1.21. The number of ether oxygens (including phenoxy) is 1. The third-order valence-electron chi connectivity index (χ3n) is 3.20. The number of nitrogens with one attached hydrogen (secondary N) is 1. The lowest BCUT2D eigenvalue weighted by Crippen LogP contribution is -2.42. The molecule has 0 aromatic heterocycles. The van der Waals surface area contributed by atoms with E-state index in [2.05, 4.69) is 5.32 Å². The van der Waals surface area contributed by atoms with Crippen LogP contribution in [0.2, 0.25) is 0 Å². The number of carboxylic acids is 1. The topological polar surface area (TPSA) is 78.9 Å². The van der Waals surface area contributed by atoms with E-state index in [1.807, 2.05) is 6.92 Å². The number of anilines is 1. The number of hydrogen-bond donors (Lipinski definition) is 2. The average molecular weight is 278 g/mol. The van der Waals surface area contributed by atoms with Crippen molar-refractivity contribution < 1.29 is 19.4 Å². The lowest BCUT2D eigenvalue weighted by molar-refractivity contribution is -0.141. The van der Waals surface area contributed by atoms with Gasteiger partial charge in [-0.05, 0) is 31.9 Å². The van der Waals surface area contributed by atoms with Crippen LogP contribution in [0.25, 0.3) is 0 Å². The number of benzene rings is 1. The first-order valence-corrected chi connectivity index (χ1v) is 6.65. The van der Waals surface area contributed by atoms with Crippen LogP contribution in [-0.4, -0.2) is 41.2 Å². The highest BCUT2D eigenvalue weighted by molar-refractivity contribution is 5.92. The Morgan fingerprint density at radius 3 is 3.00 bits per heavy atom. The van der Waals surface area contributed by atoms with E-state index in [-0.39, 0.29) is 6.03 Å². The minimum absolute atomic E-state index is 0.386. The van der Waals surface area contributed by atoms with Crippen molar-refractivity contribution >= 4 is 17.7 Å². The molecule has 0 bridgehead atoms. The molecule has 6 nitrogen and oxygen atoms in total. The summed E-state index contributed by atoms with van der Waals surface area (Å²) in [5, 5.41) is 11.8. The van der Waals surface area contributed by atoms with Gasteiger partial charge in [0.05, 0.1) is 6.61 Å². The van der Waals surface area contributed by atoms with Gasteiger partial charge in [0.15, 0.2) is 0 Å². The van der Waals surface area contributed by atoms with Crippen molar-refractivity contribution in [2.45, 2.75) is 25.8 Å². The van der Waals surface area contributed by atoms with Crippen LogP contribution in [-0.2, 0) is 4.79 Å². The molecule has 1 atom stereocenters. The summed E-state index contributed by atoms with van der Waals surface area (Å²) in [5.41, 5.74) is 0.594. The van der Waals surface area contributed by atoms with Gasteiger partial charge in [0.1, 0.15) is 11.8 Å². The molecule has 20 heavy (non-hydrogen) atoms. The van der Waals surface area contributed by atoms with Crippen molar-refractivity contribution in [2.24, 2.45) is 0 Å². The summed E-state index contributed by atoms with van der Waals surface area (Å²) in [6, 6.07) is 5.92. The Labute approximate surface area is 117 Å². The Morgan fingerprint density at radius 2 is 2.30 bits per heavy atom. The number of likely N-dealkylation sites (tertiary alicyclic amines) is 1. The highest BCUT2D eigenvalue weighted by Gasteiger charge is 2.33. The molecule has 1 unspecified atom stereocenters. The van der Waals surface area contributed by atoms with Gasteiger partial charge in [0.2, 0.25) is 0 Å². The normalized spacial score (nSPS) is 17.9. The van der Waals surface area contributed by atoms with Crippen molar-refractivity contribution in [1.82, 2.24) is 4.90 Å². The van der Waals surface area contributed by atoms with Gasteiger partial charge in [-0.25, -0.2) is 9.59 Å². The molecular weight excluding hydrogens is 260 g/mol. The van der Waals surface area contributed by atoms with E-state index in [0.29, 0.717) is 37.4 Å². The number of aliphatic carboxylic acids is 1. The number of carboxylic acid groups (broad SMARTS) is 1. The number of nitrogens with zero attached hydrogens (tertiary/aromatic N) is 1. The zero-order chi connectivity index (χ0) is 14.5. The van der Waals surface area contributed by atoms with Gasteiger partial charge in [-0.1, -0.05) is 6.07 Å². The molecule has 1 aromatic carbocycles. The Kier molecular flexibility index (Phi) is 4.45. The van der Waals surface area contributed by atoms with Crippen LogP contribution in [0.3, 0.4) is 0 Å². The van der Waals surface area contributed by atoms with Gasteiger partial charge in [0, 0.05) is 18.3 Å². The molecule has 1 fully saturated rings. The zero-order valence-corrected chi connectivity index (χ0v) is 11.3. The van der Waals surface area contributed by atoms with Crippen LogP contribution < -0.4 is 10.1 Å². The van der Waals surface area contributed by atoms with Crippen molar-refractivity contribution in [1.29, 1.82) is 0 Å². The monoisotopic (exact) mass is 278 g/mol. The van der Waals surface area contributed by atoms with E-state index < -0.39 is 12.0 Å². The average Bonchev–Trinajstić information content (AvgIpc) is 2.89. The Morgan fingerprint density at radius 1 is 1.50 bits per heavy atom. The summed E-state index contributed by atoms with van der Waals surface area (Å²) in [6.45, 7) is 2.89. The van der Waals surface area contributed by atoms with Gasteiger partial charge in [0.25, 0.3) is 0 Å². The predicted molar refractivity (Wildman–Crippen MR) is 74.0 cm³/mol. The molecule has 2 rings (SSSR count). The first-order chi connectivity index (χ1) is 9.61. The summed E-state index contributed by atoms with van der Waals surface area (Å²) in [5.74, 6) is -0.290. The number of amides is 2. The third-order valence-corrected chi connectivity index (χ3v) is 3.20. The first kappa shape index (κ1) is 14.2. The summed E-state index contributed by atoms with van der Waals surface area (Å²) in [4.78, 5) is 24.5. The minimum Gasteiger partial charge on any atom is -0.494 e. The third kappa shape index (κ3) is 3.20. The number of carbonyl (C=O) groups excluding carboxylic acids is 1. The molecule has 2 N–H and O–H groups in total. The maximum atomic E-state index is 12.1. The highest BCUT2D eigenvalue weighted by atomic mass is 16.5. The summed E-state index contributed by atoms with van der Waals surface area (Å²) < 4.78 is 5.35. The first-order valence-electron chi connectivity index (χ1n) is 6.65. The largest absolute Gasteiger partial charge is 0.494 e. The molecule has 0 radical (unpaired) electrons. The number of urea groups is 1. The summed E-state index contributed by atoms with van der Waals surface area (Å²) >= 11 is 0. The predicted octanol–water partition coefficient (Wildman–Crippen LogP) is 2.17. The lowest BCUT2D eigenvalue weighted by Gasteiger charge is -2.21. The van der Waals surface area contributed by atoms with E-state index >= 15 is 0 Å². The summed E-state index contributed by atoms with van der Waals surface area (Å²) in [7, 11) is 0. The number of rotatable bonds is 4. The minimum atomic E-state index is -0.958. The quantitative estimate of drug-likeness (QED) is 0.884. The standard InChI is InChI=1S/C14H18N2O4/c1-2-20-11-6-3-5-10(9-11)15-14(19)16-8-4-7-12(16)13(17)18/h3,5-6,9,12H,2,4,7-8H2,1H3,(H,15,19)(H,17,18). The van der Waals surface area contributed by atoms with Crippen LogP contribution in [0.4, 0.5) is 10.5 Å². The van der Waals surface area contributed by atoms with Crippen molar-refractivity contribution in [2.75, 3.05) is 18.5 Å². The van der Waals surface area contributed by atoms with Gasteiger partial charge in [-0.3, -0.25) is 0 Å². The van der Waals surface area contributed by atoms with Crippen LogP contribution in [0.15, 0.2) is 24.3 Å². The SMILES string of the molecule is CCOc1cccc(NC(=O)N2CCCC2C(=O)O)c1. The Balaban J connectivity index is 2.04. The van der Waals surface area contributed by atoms with Crippen molar-refractivity contribution in [3.63, 3.8) is 0 Å². The highest BCUT2D eigenvalue weighted by Crippen LogP contribution is 2.21. The smallest absolute Gasteiger partial charge is 0.326 e. The van der Waals surface area contributed by atoms with Crippen molar-refractivity contribution in [3.8, 4) is 5.75 Å². The van der Waals surface area contributed by atoms with Crippen LogP contribution in [0, 0.1) is 0 Å². The number of carbonyl (C=O) groups is 2. The molecule has 6 heteroatoms. The molecule has 2 amide bonds. The zero-order valence-electron chi connectivity index (χ0n) is 11.3. The maximum Gasteiger partial charge on any atom is 0.326 e. The molecule has 1 saturated heterocycles. The van der Waals surface area contributed by atoms with Gasteiger partial charge in [-0.2, -0.15) is 0 Å². The van der Waals surface area contributed by atoms with E-state index in [0.717, 1.165) is 0 Å². The van der Waals surface area contributed by atoms with Gasteiger partial charge < -0.3 is 20.1 Å². The molecule has 1 aliphatic heterocycles. The molecule has 0 saturated carbocycles. The van der Waals surface area contributed by atoms with Crippen LogP contribution in [0.5, 0.6) is 5.75 Å².